The number of rotatable bonds is 3. The van der Waals surface area contributed by atoms with Crippen LogP contribution in [-0.4, -0.2) is 43.3 Å². The molecule has 0 saturated carbocycles. The lowest BCUT2D eigenvalue weighted by atomic mass is 10.1. The largest absolute Gasteiger partial charge is 0.493 e. The number of fused-ring (bicyclic) bond motifs is 1. The van der Waals surface area contributed by atoms with Crippen LogP contribution in [-0.2, 0) is 11.3 Å². The molecule has 6 heteroatoms. The molecular weight excluding hydrogens is 296 g/mol. The second-order valence-electron chi connectivity index (χ2n) is 6.28. The van der Waals surface area contributed by atoms with Gasteiger partial charge in [-0.15, -0.1) is 0 Å². The Morgan fingerprint density at radius 2 is 2.26 bits per heavy atom. The van der Waals surface area contributed by atoms with Crippen molar-refractivity contribution in [1.82, 2.24) is 10.2 Å². The van der Waals surface area contributed by atoms with Gasteiger partial charge in [0.1, 0.15) is 5.76 Å². The zero-order valence-corrected chi connectivity index (χ0v) is 13.7. The summed E-state index contributed by atoms with van der Waals surface area (Å²) in [4.78, 5) is 14.1. The minimum absolute atomic E-state index is 0.103. The molecule has 23 heavy (non-hydrogen) atoms. The van der Waals surface area contributed by atoms with Crippen molar-refractivity contribution in [3.63, 3.8) is 0 Å². The third kappa shape index (κ3) is 3.42. The van der Waals surface area contributed by atoms with Crippen molar-refractivity contribution < 1.29 is 18.7 Å². The molecule has 1 N–H and O–H groups in total. The van der Waals surface area contributed by atoms with Gasteiger partial charge in [-0.25, -0.2) is 4.79 Å². The average molecular weight is 318 g/mol. The highest BCUT2D eigenvalue weighted by atomic mass is 16.5. The summed E-state index contributed by atoms with van der Waals surface area (Å²) in [5.74, 6) is 1.39. The maximum Gasteiger partial charge on any atom is 0.317 e. The van der Waals surface area contributed by atoms with Crippen LogP contribution in [0.2, 0.25) is 0 Å². The van der Waals surface area contributed by atoms with Crippen LogP contribution in [0.3, 0.4) is 0 Å². The lowest BCUT2D eigenvalue weighted by Crippen LogP contribution is -2.53. The Morgan fingerprint density at radius 1 is 1.43 bits per heavy atom. The molecule has 1 aliphatic rings. The number of carbonyl (C=O) groups excluding carboxylic acids is 1. The zero-order valence-electron chi connectivity index (χ0n) is 13.7. The molecule has 6 nitrogen and oxygen atoms in total. The lowest BCUT2D eigenvalue weighted by molar-refractivity contribution is -0.0733. The number of morpholine rings is 1. The highest BCUT2D eigenvalue weighted by Crippen LogP contribution is 2.28. The highest BCUT2D eigenvalue weighted by molar-refractivity contribution is 5.83. The second-order valence-corrected chi connectivity index (χ2v) is 6.28. The molecule has 0 atom stereocenters. The van der Waals surface area contributed by atoms with E-state index in [1.54, 1.807) is 12.0 Å². The molecule has 1 fully saturated rings. The van der Waals surface area contributed by atoms with E-state index < -0.39 is 0 Å². The predicted octanol–water partition coefficient (Wildman–Crippen LogP) is 2.76. The Hall–Kier alpha value is -2.21. The summed E-state index contributed by atoms with van der Waals surface area (Å²) in [5.41, 5.74) is 0.397. The van der Waals surface area contributed by atoms with Crippen molar-refractivity contribution >= 4 is 17.0 Å². The molecule has 1 saturated heterocycles. The number of urea groups is 1. The number of furan rings is 1. The van der Waals surface area contributed by atoms with E-state index in [9.17, 15) is 4.79 Å². The van der Waals surface area contributed by atoms with Crippen LogP contribution < -0.4 is 10.1 Å². The van der Waals surface area contributed by atoms with Gasteiger partial charge in [-0.3, -0.25) is 0 Å². The van der Waals surface area contributed by atoms with Crippen molar-refractivity contribution in [2.45, 2.75) is 26.0 Å². The Morgan fingerprint density at radius 3 is 3.00 bits per heavy atom. The standard InChI is InChI=1S/C17H22N2O4/c1-17(2)11-19(7-8-22-17)16(20)18-10-13-9-12-5-4-6-14(21-3)15(12)23-13/h4-6,9H,7-8,10-11H2,1-3H3,(H,18,20). The number of carbonyl (C=O) groups is 1. The number of methoxy groups -OCH3 is 1. The third-order valence-corrected chi connectivity index (χ3v) is 3.91. The van der Waals surface area contributed by atoms with E-state index in [4.69, 9.17) is 13.9 Å². The maximum absolute atomic E-state index is 12.3. The molecule has 0 aliphatic carbocycles. The SMILES string of the molecule is COc1cccc2cc(CNC(=O)N3CCOC(C)(C)C3)oc12. The maximum atomic E-state index is 12.3. The summed E-state index contributed by atoms with van der Waals surface area (Å²) < 4.78 is 16.7. The summed E-state index contributed by atoms with van der Waals surface area (Å²) >= 11 is 0. The number of hydrogen-bond acceptors (Lipinski definition) is 4. The molecule has 0 unspecified atom stereocenters. The topological polar surface area (TPSA) is 63.9 Å². The molecule has 2 aromatic rings. The molecule has 124 valence electrons. The van der Waals surface area contributed by atoms with Gasteiger partial charge in [0, 0.05) is 11.9 Å². The minimum Gasteiger partial charge on any atom is -0.493 e. The van der Waals surface area contributed by atoms with Crippen LogP contribution >= 0.6 is 0 Å². The van der Waals surface area contributed by atoms with Crippen LogP contribution in [0.1, 0.15) is 19.6 Å². The van der Waals surface area contributed by atoms with Crippen molar-refractivity contribution in [3.05, 3.63) is 30.0 Å². The van der Waals surface area contributed by atoms with Gasteiger partial charge in [0.2, 0.25) is 0 Å². The Bertz CT molecular complexity index is 708. The molecule has 0 bridgehead atoms. The normalized spacial score (nSPS) is 17.3. The minimum atomic E-state index is -0.303. The molecule has 1 aromatic carbocycles. The average Bonchev–Trinajstić information content (AvgIpc) is 2.94. The van der Waals surface area contributed by atoms with Gasteiger partial charge in [0.25, 0.3) is 0 Å². The summed E-state index contributed by atoms with van der Waals surface area (Å²) in [7, 11) is 1.61. The highest BCUT2D eigenvalue weighted by Gasteiger charge is 2.29. The Labute approximate surface area is 135 Å². The van der Waals surface area contributed by atoms with Crippen molar-refractivity contribution in [3.8, 4) is 5.75 Å². The third-order valence-electron chi connectivity index (χ3n) is 3.91. The van der Waals surface area contributed by atoms with Gasteiger partial charge in [-0.2, -0.15) is 0 Å². The molecule has 3 rings (SSSR count). The van der Waals surface area contributed by atoms with Crippen LogP contribution in [0.5, 0.6) is 5.75 Å². The quantitative estimate of drug-likeness (QED) is 0.945. The van der Waals surface area contributed by atoms with Gasteiger partial charge in [0.05, 0.1) is 32.4 Å². The summed E-state index contributed by atoms with van der Waals surface area (Å²) in [6.07, 6.45) is 0. The van der Waals surface area contributed by atoms with E-state index in [0.717, 1.165) is 5.39 Å². The first kappa shape index (κ1) is 15.7. The second kappa shape index (κ2) is 6.12. The van der Waals surface area contributed by atoms with Gasteiger partial charge in [-0.05, 0) is 26.0 Å². The van der Waals surface area contributed by atoms with E-state index in [-0.39, 0.29) is 11.6 Å². The molecule has 1 aliphatic heterocycles. The fourth-order valence-electron chi connectivity index (χ4n) is 2.80. The van der Waals surface area contributed by atoms with Crippen LogP contribution in [0.4, 0.5) is 4.79 Å². The smallest absolute Gasteiger partial charge is 0.317 e. The number of hydrogen-bond donors (Lipinski definition) is 1. The van der Waals surface area contributed by atoms with Crippen molar-refractivity contribution in [2.75, 3.05) is 26.8 Å². The number of ether oxygens (including phenoxy) is 2. The van der Waals surface area contributed by atoms with Crippen molar-refractivity contribution in [2.24, 2.45) is 0 Å². The fraction of sp³-hybridized carbons (Fsp3) is 0.471. The molecule has 1 aromatic heterocycles. The molecule has 0 radical (unpaired) electrons. The van der Waals surface area contributed by atoms with E-state index in [2.05, 4.69) is 5.32 Å². The van der Waals surface area contributed by atoms with Crippen LogP contribution in [0.25, 0.3) is 11.0 Å². The number of benzene rings is 1. The van der Waals surface area contributed by atoms with Gasteiger partial charge >= 0.3 is 6.03 Å². The van der Waals surface area contributed by atoms with Crippen molar-refractivity contribution in [1.29, 1.82) is 0 Å². The summed E-state index contributed by atoms with van der Waals surface area (Å²) in [6.45, 7) is 6.04. The predicted molar refractivity (Wildman–Crippen MR) is 86.6 cm³/mol. The summed E-state index contributed by atoms with van der Waals surface area (Å²) in [5, 5.41) is 3.86. The number of nitrogens with one attached hydrogen (secondary N) is 1. The molecular formula is C17H22N2O4. The fourth-order valence-corrected chi connectivity index (χ4v) is 2.80. The van der Waals surface area contributed by atoms with E-state index in [0.29, 0.717) is 43.3 Å². The number of nitrogens with zero attached hydrogens (tertiary/aromatic N) is 1. The summed E-state index contributed by atoms with van der Waals surface area (Å²) in [6, 6.07) is 7.53. The van der Waals surface area contributed by atoms with E-state index >= 15 is 0 Å². The van der Waals surface area contributed by atoms with Gasteiger partial charge < -0.3 is 24.1 Å². The van der Waals surface area contributed by atoms with Gasteiger partial charge in [0.15, 0.2) is 11.3 Å². The Kier molecular flexibility index (Phi) is 4.17. The first-order valence-corrected chi connectivity index (χ1v) is 7.71. The molecule has 2 heterocycles. The molecule has 0 spiro atoms. The number of para-hydroxylation sites is 1. The first-order chi connectivity index (χ1) is 11.0. The lowest BCUT2D eigenvalue weighted by Gasteiger charge is -2.37. The Balaban J connectivity index is 1.65. The zero-order chi connectivity index (χ0) is 16.4. The van der Waals surface area contributed by atoms with E-state index in [1.165, 1.54) is 0 Å². The van der Waals surface area contributed by atoms with E-state index in [1.807, 2.05) is 38.1 Å². The van der Waals surface area contributed by atoms with Crippen LogP contribution in [0.15, 0.2) is 28.7 Å². The monoisotopic (exact) mass is 318 g/mol. The molecule has 2 amide bonds. The van der Waals surface area contributed by atoms with Crippen LogP contribution in [0, 0.1) is 0 Å². The van der Waals surface area contributed by atoms with Gasteiger partial charge in [-0.1, -0.05) is 12.1 Å². The number of amides is 2. The first-order valence-electron chi connectivity index (χ1n) is 7.71.